The van der Waals surface area contributed by atoms with E-state index in [9.17, 15) is 4.79 Å². The molecule has 0 saturated carbocycles. The highest BCUT2D eigenvalue weighted by atomic mass is 16.5. The van der Waals surface area contributed by atoms with Crippen LogP contribution in [0.4, 0.5) is 0 Å². The third-order valence-electron chi connectivity index (χ3n) is 6.18. The molecule has 0 aliphatic rings. The van der Waals surface area contributed by atoms with E-state index in [-0.39, 0.29) is 5.78 Å². The van der Waals surface area contributed by atoms with Gasteiger partial charge in [0.15, 0.2) is 5.78 Å². The van der Waals surface area contributed by atoms with E-state index in [0.717, 1.165) is 36.1 Å². The maximum absolute atomic E-state index is 12.2. The highest BCUT2D eigenvalue weighted by Gasteiger charge is 2.00. The molecule has 3 rings (SSSR count). The van der Waals surface area contributed by atoms with E-state index in [1.54, 1.807) is 6.08 Å². The number of carbonyl (C=O) groups is 1. The van der Waals surface area contributed by atoms with Gasteiger partial charge in [-0.1, -0.05) is 123 Å². The standard InChI is InChI=1S/C33H38O2/c1-27(2)31-22-19-30(20-23-31)26-35-25-11-6-4-3-5-8-12-28-15-17-29(18-16-28)21-24-33(34)32-13-9-7-10-14-32/h7,9-10,13-24H,1,3-6,8,11-12,25-26H2,2H3. The lowest BCUT2D eigenvalue weighted by molar-refractivity contribution is 0.104. The number of carbonyl (C=O) groups excluding carboxylic acids is 1. The minimum absolute atomic E-state index is 0.0369. The Bertz CT molecular complexity index is 1060. The fourth-order valence-electron chi connectivity index (χ4n) is 3.98. The van der Waals surface area contributed by atoms with Crippen LogP contribution >= 0.6 is 0 Å². The molecule has 0 unspecified atom stereocenters. The normalized spacial score (nSPS) is 11.1. The molecule has 2 heteroatoms. The molecule has 35 heavy (non-hydrogen) atoms. The fourth-order valence-corrected chi connectivity index (χ4v) is 3.98. The molecule has 0 heterocycles. The lowest BCUT2D eigenvalue weighted by Crippen LogP contribution is -1.96. The van der Waals surface area contributed by atoms with Crippen molar-refractivity contribution in [3.8, 4) is 0 Å². The van der Waals surface area contributed by atoms with Crippen molar-refractivity contribution in [1.29, 1.82) is 0 Å². The first-order chi connectivity index (χ1) is 17.1. The molecule has 0 aliphatic carbocycles. The number of rotatable bonds is 15. The summed E-state index contributed by atoms with van der Waals surface area (Å²) in [6, 6.07) is 26.4. The molecule has 0 saturated heterocycles. The zero-order valence-corrected chi connectivity index (χ0v) is 21.0. The van der Waals surface area contributed by atoms with Gasteiger partial charge >= 0.3 is 0 Å². The Morgan fingerprint density at radius 3 is 2.06 bits per heavy atom. The SMILES string of the molecule is C=C(C)c1ccc(COCCCCCCCCc2ccc(C=CC(=O)c3ccccc3)cc2)cc1. The number of benzene rings is 3. The van der Waals surface area contributed by atoms with E-state index in [0.29, 0.717) is 6.61 Å². The summed E-state index contributed by atoms with van der Waals surface area (Å²) in [5.41, 5.74) is 6.65. The van der Waals surface area contributed by atoms with Gasteiger partial charge in [-0.15, -0.1) is 0 Å². The van der Waals surface area contributed by atoms with Gasteiger partial charge in [0, 0.05) is 12.2 Å². The lowest BCUT2D eigenvalue weighted by Gasteiger charge is -2.06. The van der Waals surface area contributed by atoms with Crippen molar-refractivity contribution in [3.63, 3.8) is 0 Å². The molecule has 2 nitrogen and oxygen atoms in total. The van der Waals surface area contributed by atoms with Crippen LogP contribution in [0.3, 0.4) is 0 Å². The molecule has 0 spiro atoms. The maximum atomic E-state index is 12.2. The molecule has 0 aliphatic heterocycles. The van der Waals surface area contributed by atoms with Gasteiger partial charge in [-0.05, 0) is 54.5 Å². The first-order valence-electron chi connectivity index (χ1n) is 12.8. The van der Waals surface area contributed by atoms with Crippen LogP contribution in [0.15, 0.2) is 91.5 Å². The molecule has 3 aromatic rings. The second kappa shape index (κ2) is 14.9. The zero-order chi connectivity index (χ0) is 24.7. The largest absolute Gasteiger partial charge is 0.377 e. The van der Waals surface area contributed by atoms with Crippen molar-refractivity contribution in [2.24, 2.45) is 0 Å². The Hall–Kier alpha value is -3.23. The number of aryl methyl sites for hydroxylation is 1. The average molecular weight is 467 g/mol. The summed E-state index contributed by atoms with van der Waals surface area (Å²) < 4.78 is 5.82. The van der Waals surface area contributed by atoms with Crippen LogP contribution in [0.1, 0.15) is 78.1 Å². The van der Waals surface area contributed by atoms with Crippen LogP contribution in [-0.2, 0) is 17.8 Å². The van der Waals surface area contributed by atoms with Crippen LogP contribution in [0, 0.1) is 0 Å². The summed E-state index contributed by atoms with van der Waals surface area (Å²) in [6.45, 7) is 7.52. The third kappa shape index (κ3) is 9.88. The van der Waals surface area contributed by atoms with Crippen molar-refractivity contribution in [3.05, 3.63) is 119 Å². The third-order valence-corrected chi connectivity index (χ3v) is 6.18. The summed E-state index contributed by atoms with van der Waals surface area (Å²) in [7, 11) is 0. The van der Waals surface area contributed by atoms with Crippen molar-refractivity contribution < 1.29 is 9.53 Å². The lowest BCUT2D eigenvalue weighted by atomic mass is 10.0. The van der Waals surface area contributed by atoms with E-state index < -0.39 is 0 Å². The van der Waals surface area contributed by atoms with Gasteiger partial charge in [0.25, 0.3) is 0 Å². The zero-order valence-electron chi connectivity index (χ0n) is 21.0. The van der Waals surface area contributed by atoms with Gasteiger partial charge in [0.1, 0.15) is 0 Å². The van der Waals surface area contributed by atoms with Crippen LogP contribution in [0.2, 0.25) is 0 Å². The molecule has 0 atom stereocenters. The molecule has 0 bridgehead atoms. The summed E-state index contributed by atoms with van der Waals surface area (Å²) in [6.07, 6.45) is 12.1. The highest BCUT2D eigenvalue weighted by molar-refractivity contribution is 6.06. The number of hydrogen-bond acceptors (Lipinski definition) is 2. The molecule has 182 valence electrons. The molecular formula is C33H38O2. The second-order valence-electron chi connectivity index (χ2n) is 9.21. The van der Waals surface area contributed by atoms with Crippen LogP contribution in [0.5, 0.6) is 0 Å². The number of ether oxygens (including phenoxy) is 1. The minimum atomic E-state index is 0.0369. The summed E-state index contributed by atoms with van der Waals surface area (Å²) in [5, 5.41) is 0. The molecular weight excluding hydrogens is 428 g/mol. The van der Waals surface area contributed by atoms with Crippen molar-refractivity contribution in [1.82, 2.24) is 0 Å². The van der Waals surface area contributed by atoms with Gasteiger partial charge in [-0.3, -0.25) is 4.79 Å². The van der Waals surface area contributed by atoms with Crippen LogP contribution in [0.25, 0.3) is 11.6 Å². The Labute approximate surface area is 211 Å². The topological polar surface area (TPSA) is 26.3 Å². The molecule has 0 aromatic heterocycles. The van der Waals surface area contributed by atoms with Crippen molar-refractivity contribution >= 4 is 17.4 Å². The van der Waals surface area contributed by atoms with Crippen LogP contribution < -0.4 is 0 Å². The first kappa shape index (κ1) is 26.4. The maximum Gasteiger partial charge on any atom is 0.185 e. The first-order valence-corrected chi connectivity index (χ1v) is 12.8. The van der Waals surface area contributed by atoms with E-state index in [2.05, 4.69) is 55.1 Å². The minimum Gasteiger partial charge on any atom is -0.377 e. The predicted molar refractivity (Wildman–Crippen MR) is 148 cm³/mol. The predicted octanol–water partition coefficient (Wildman–Crippen LogP) is 8.72. The van der Waals surface area contributed by atoms with Gasteiger partial charge in [0.2, 0.25) is 0 Å². The van der Waals surface area contributed by atoms with Gasteiger partial charge in [-0.25, -0.2) is 0 Å². The summed E-state index contributed by atoms with van der Waals surface area (Å²) in [4.78, 5) is 12.2. The smallest absolute Gasteiger partial charge is 0.185 e. The van der Waals surface area contributed by atoms with Crippen molar-refractivity contribution in [2.45, 2.75) is 58.5 Å². The highest BCUT2D eigenvalue weighted by Crippen LogP contribution is 2.14. The number of unbranched alkanes of at least 4 members (excludes halogenated alkanes) is 5. The quantitative estimate of drug-likeness (QED) is 0.127. The van der Waals surface area contributed by atoms with Gasteiger partial charge in [-0.2, -0.15) is 0 Å². The summed E-state index contributed by atoms with van der Waals surface area (Å²) in [5.74, 6) is 0.0369. The Morgan fingerprint density at radius 1 is 0.743 bits per heavy atom. The Morgan fingerprint density at radius 2 is 1.37 bits per heavy atom. The molecule has 0 amide bonds. The number of hydrogen-bond donors (Lipinski definition) is 0. The van der Waals surface area contributed by atoms with E-state index >= 15 is 0 Å². The number of ketones is 1. The molecule has 3 aromatic carbocycles. The Kier molecular flexibility index (Phi) is 11.2. The molecule has 0 fully saturated rings. The average Bonchev–Trinajstić information content (AvgIpc) is 2.89. The van der Waals surface area contributed by atoms with Crippen molar-refractivity contribution in [2.75, 3.05) is 6.61 Å². The molecule has 0 radical (unpaired) electrons. The van der Waals surface area contributed by atoms with E-state index in [1.165, 1.54) is 48.8 Å². The van der Waals surface area contributed by atoms with E-state index in [4.69, 9.17) is 4.74 Å². The fraction of sp³-hybridized carbons (Fsp3) is 0.303. The summed E-state index contributed by atoms with van der Waals surface area (Å²) >= 11 is 0. The Balaban J connectivity index is 1.21. The van der Waals surface area contributed by atoms with Gasteiger partial charge < -0.3 is 4.74 Å². The number of allylic oxidation sites excluding steroid dienone is 2. The van der Waals surface area contributed by atoms with Gasteiger partial charge in [0.05, 0.1) is 6.61 Å². The van der Waals surface area contributed by atoms with E-state index in [1.807, 2.05) is 43.3 Å². The molecule has 0 N–H and O–H groups in total. The van der Waals surface area contributed by atoms with Crippen LogP contribution in [-0.4, -0.2) is 12.4 Å². The monoisotopic (exact) mass is 466 g/mol. The second-order valence-corrected chi connectivity index (χ2v) is 9.21.